The number of hydrogen-bond acceptors (Lipinski definition) is 3. The Morgan fingerprint density at radius 3 is 2.42 bits per heavy atom. The Kier molecular flexibility index (Phi) is 4.50. The zero-order chi connectivity index (χ0) is 14.0. The van der Waals surface area contributed by atoms with Crippen molar-refractivity contribution in [3.63, 3.8) is 0 Å². The maximum atomic E-state index is 12.6. The molecule has 0 N–H and O–H groups in total. The summed E-state index contributed by atoms with van der Waals surface area (Å²) in [7, 11) is -3.85. The lowest BCUT2D eigenvalue weighted by Gasteiger charge is -2.31. The van der Waals surface area contributed by atoms with Crippen molar-refractivity contribution in [1.82, 2.24) is 4.31 Å². The summed E-state index contributed by atoms with van der Waals surface area (Å²) in [6, 6.07) is 3.89. The predicted octanol–water partition coefficient (Wildman–Crippen LogP) is 2.74. The molecule has 7 heteroatoms. The van der Waals surface area contributed by atoms with E-state index in [0.29, 0.717) is 19.3 Å². The van der Waals surface area contributed by atoms with Gasteiger partial charge in [0.25, 0.3) is 0 Å². The Bertz CT molecular complexity index is 568. The number of rotatable bonds is 3. The van der Waals surface area contributed by atoms with E-state index in [2.05, 4.69) is 0 Å². The number of halogens is 2. The van der Waals surface area contributed by atoms with E-state index in [1.54, 1.807) is 6.07 Å². The Hall–Kier alpha value is -0.620. The first kappa shape index (κ1) is 14.8. The SMILES string of the molecule is O=CC1CCCCN1S(=O)(=O)c1c(Cl)cccc1Cl. The first-order valence-electron chi connectivity index (χ1n) is 5.89. The topological polar surface area (TPSA) is 54.5 Å². The van der Waals surface area contributed by atoms with Gasteiger partial charge < -0.3 is 4.79 Å². The van der Waals surface area contributed by atoms with Crippen LogP contribution in [0.25, 0.3) is 0 Å². The summed E-state index contributed by atoms with van der Waals surface area (Å²) in [5, 5.41) is 0.144. The van der Waals surface area contributed by atoms with Crippen LogP contribution in [0.2, 0.25) is 10.0 Å². The molecule has 0 amide bonds. The van der Waals surface area contributed by atoms with Crippen LogP contribution in [0.15, 0.2) is 23.1 Å². The van der Waals surface area contributed by atoms with Gasteiger partial charge in [-0.05, 0) is 25.0 Å². The molecule has 1 aliphatic rings. The molecule has 19 heavy (non-hydrogen) atoms. The van der Waals surface area contributed by atoms with E-state index in [-0.39, 0.29) is 14.9 Å². The predicted molar refractivity (Wildman–Crippen MR) is 74.1 cm³/mol. The lowest BCUT2D eigenvalue weighted by Crippen LogP contribution is -2.44. The number of carbonyl (C=O) groups excluding carboxylic acids is 1. The molecule has 1 fully saturated rings. The average molecular weight is 322 g/mol. The third-order valence-electron chi connectivity index (χ3n) is 3.14. The van der Waals surface area contributed by atoms with Gasteiger partial charge in [0.1, 0.15) is 11.2 Å². The summed E-state index contributed by atoms with van der Waals surface area (Å²) in [6.45, 7) is 0.313. The van der Waals surface area contributed by atoms with E-state index in [1.807, 2.05) is 0 Å². The van der Waals surface area contributed by atoms with Crippen LogP contribution in [-0.2, 0) is 14.8 Å². The van der Waals surface area contributed by atoms with Gasteiger partial charge in [-0.1, -0.05) is 35.7 Å². The third kappa shape index (κ3) is 2.79. The van der Waals surface area contributed by atoms with Crippen molar-refractivity contribution in [1.29, 1.82) is 0 Å². The molecule has 0 saturated carbocycles. The second-order valence-corrected chi connectivity index (χ2v) is 7.01. The molecule has 0 spiro atoms. The summed E-state index contributed by atoms with van der Waals surface area (Å²) >= 11 is 11.9. The van der Waals surface area contributed by atoms with Crippen molar-refractivity contribution in [2.24, 2.45) is 0 Å². The van der Waals surface area contributed by atoms with Crippen LogP contribution in [0.1, 0.15) is 19.3 Å². The largest absolute Gasteiger partial charge is 0.302 e. The fourth-order valence-corrected chi connectivity index (χ4v) is 4.94. The average Bonchev–Trinajstić information content (AvgIpc) is 2.38. The molecule has 2 rings (SSSR count). The molecule has 1 aliphatic heterocycles. The number of nitrogens with zero attached hydrogens (tertiary/aromatic N) is 1. The highest BCUT2D eigenvalue weighted by Gasteiger charge is 2.35. The fraction of sp³-hybridized carbons (Fsp3) is 0.417. The highest BCUT2D eigenvalue weighted by atomic mass is 35.5. The minimum Gasteiger partial charge on any atom is -0.302 e. The third-order valence-corrected chi connectivity index (χ3v) is 6.02. The van der Waals surface area contributed by atoms with Crippen LogP contribution in [-0.4, -0.2) is 31.6 Å². The minimum atomic E-state index is -3.85. The highest BCUT2D eigenvalue weighted by Crippen LogP contribution is 2.33. The summed E-state index contributed by atoms with van der Waals surface area (Å²) in [4.78, 5) is 10.9. The second-order valence-electron chi connectivity index (χ2n) is 4.37. The van der Waals surface area contributed by atoms with Crippen LogP contribution in [0, 0.1) is 0 Å². The Balaban J connectivity index is 2.50. The van der Waals surface area contributed by atoms with Gasteiger partial charge in [-0.2, -0.15) is 4.31 Å². The van der Waals surface area contributed by atoms with Crippen molar-refractivity contribution < 1.29 is 13.2 Å². The van der Waals surface area contributed by atoms with E-state index in [4.69, 9.17) is 23.2 Å². The summed E-state index contributed by atoms with van der Waals surface area (Å²) in [5.74, 6) is 0. The van der Waals surface area contributed by atoms with E-state index >= 15 is 0 Å². The van der Waals surface area contributed by atoms with Crippen molar-refractivity contribution in [3.8, 4) is 0 Å². The molecule has 0 bridgehead atoms. The maximum Gasteiger partial charge on any atom is 0.246 e. The standard InChI is InChI=1S/C12H13Cl2NO3S/c13-10-5-3-6-11(14)12(10)19(17,18)15-7-2-1-4-9(15)8-16/h3,5-6,8-9H,1-2,4,7H2. The first-order valence-corrected chi connectivity index (χ1v) is 8.09. The van der Waals surface area contributed by atoms with Gasteiger partial charge in [0.05, 0.1) is 16.1 Å². The Morgan fingerprint density at radius 1 is 1.21 bits per heavy atom. The van der Waals surface area contributed by atoms with E-state index in [9.17, 15) is 13.2 Å². The van der Waals surface area contributed by atoms with Gasteiger partial charge in [-0.25, -0.2) is 8.42 Å². The molecule has 1 aromatic carbocycles. The number of piperidine rings is 1. The van der Waals surface area contributed by atoms with Gasteiger partial charge in [0, 0.05) is 6.54 Å². The smallest absolute Gasteiger partial charge is 0.246 e. The van der Waals surface area contributed by atoms with Crippen molar-refractivity contribution in [3.05, 3.63) is 28.2 Å². The van der Waals surface area contributed by atoms with Gasteiger partial charge in [0.15, 0.2) is 0 Å². The van der Waals surface area contributed by atoms with Crippen LogP contribution in [0.4, 0.5) is 0 Å². The van der Waals surface area contributed by atoms with Crippen molar-refractivity contribution >= 4 is 39.5 Å². The van der Waals surface area contributed by atoms with Gasteiger partial charge in [0.2, 0.25) is 10.0 Å². The van der Waals surface area contributed by atoms with Crippen LogP contribution < -0.4 is 0 Å². The number of benzene rings is 1. The Morgan fingerprint density at radius 2 is 1.84 bits per heavy atom. The van der Waals surface area contributed by atoms with E-state index in [0.717, 1.165) is 12.8 Å². The van der Waals surface area contributed by atoms with Crippen LogP contribution in [0.5, 0.6) is 0 Å². The fourth-order valence-electron chi connectivity index (χ4n) is 2.21. The molecule has 0 aromatic heterocycles. The molecule has 0 aliphatic carbocycles. The molecule has 1 saturated heterocycles. The normalized spacial score (nSPS) is 21.3. The molecule has 1 heterocycles. The molecule has 1 atom stereocenters. The minimum absolute atomic E-state index is 0.0720. The molecule has 1 aromatic rings. The molecule has 4 nitrogen and oxygen atoms in total. The first-order chi connectivity index (χ1) is 8.98. The second kappa shape index (κ2) is 5.79. The Labute approximate surface area is 122 Å². The van der Waals surface area contributed by atoms with E-state index in [1.165, 1.54) is 16.4 Å². The summed E-state index contributed by atoms with van der Waals surface area (Å²) in [6.07, 6.45) is 2.77. The van der Waals surface area contributed by atoms with Crippen LogP contribution >= 0.6 is 23.2 Å². The van der Waals surface area contributed by atoms with E-state index < -0.39 is 16.1 Å². The zero-order valence-electron chi connectivity index (χ0n) is 10.1. The molecular formula is C12H13Cl2NO3S. The lowest BCUT2D eigenvalue weighted by atomic mass is 10.1. The summed E-state index contributed by atoms with van der Waals surface area (Å²) < 4.78 is 26.4. The zero-order valence-corrected chi connectivity index (χ0v) is 12.4. The molecule has 1 unspecified atom stereocenters. The number of sulfonamides is 1. The molecular weight excluding hydrogens is 309 g/mol. The number of aldehydes is 1. The monoisotopic (exact) mass is 321 g/mol. The van der Waals surface area contributed by atoms with Crippen molar-refractivity contribution in [2.45, 2.75) is 30.2 Å². The van der Waals surface area contributed by atoms with Gasteiger partial charge in [-0.15, -0.1) is 0 Å². The molecule has 0 radical (unpaired) electrons. The van der Waals surface area contributed by atoms with Gasteiger partial charge in [-0.3, -0.25) is 0 Å². The number of carbonyl (C=O) groups is 1. The lowest BCUT2D eigenvalue weighted by molar-refractivity contribution is -0.111. The maximum absolute atomic E-state index is 12.6. The van der Waals surface area contributed by atoms with Gasteiger partial charge >= 0.3 is 0 Å². The van der Waals surface area contributed by atoms with Crippen LogP contribution in [0.3, 0.4) is 0 Å². The quantitative estimate of drug-likeness (QED) is 0.804. The molecule has 104 valence electrons. The van der Waals surface area contributed by atoms with Crippen molar-refractivity contribution in [2.75, 3.05) is 6.54 Å². The number of hydrogen-bond donors (Lipinski definition) is 0. The highest BCUT2D eigenvalue weighted by molar-refractivity contribution is 7.89. The summed E-state index contributed by atoms with van der Waals surface area (Å²) in [5.41, 5.74) is 0.